The Morgan fingerprint density at radius 1 is 1.17 bits per heavy atom. The molecule has 2 aromatic heterocycles. The first-order valence-corrected chi connectivity index (χ1v) is 8.02. The molecule has 3 aromatic rings. The lowest BCUT2D eigenvalue weighted by atomic mass is 10.3. The smallest absolute Gasteiger partial charge is 0.269 e. The summed E-state index contributed by atoms with van der Waals surface area (Å²) in [5.74, 6) is 0.496. The summed E-state index contributed by atoms with van der Waals surface area (Å²) in [4.78, 5) is 21.7. The predicted molar refractivity (Wildman–Crippen MR) is 83.1 cm³/mol. The number of anilines is 1. The van der Waals surface area contributed by atoms with E-state index in [-0.39, 0.29) is 16.4 Å². The molecule has 0 atom stereocenters. The first-order chi connectivity index (χ1) is 11.5. The van der Waals surface area contributed by atoms with E-state index >= 15 is 0 Å². The highest BCUT2D eigenvalue weighted by molar-refractivity contribution is 7.92. The molecule has 0 radical (unpaired) electrons. The van der Waals surface area contributed by atoms with Crippen LogP contribution in [0.2, 0.25) is 0 Å². The third-order valence-electron chi connectivity index (χ3n) is 3.02. The molecule has 0 spiro atoms. The quantitative estimate of drug-likeness (QED) is 0.545. The zero-order chi connectivity index (χ0) is 17.2. The second kappa shape index (κ2) is 6.04. The van der Waals surface area contributed by atoms with Gasteiger partial charge in [-0.25, -0.2) is 23.4 Å². The Morgan fingerprint density at radius 3 is 2.54 bits per heavy atom. The molecule has 0 amide bonds. The number of nitro benzene ring substituents is 1. The second-order valence-corrected chi connectivity index (χ2v) is 6.27. The fourth-order valence-electron chi connectivity index (χ4n) is 1.88. The summed E-state index contributed by atoms with van der Waals surface area (Å²) in [7, 11) is -3.93. The van der Waals surface area contributed by atoms with Crippen molar-refractivity contribution in [3.63, 3.8) is 0 Å². The van der Waals surface area contributed by atoms with E-state index in [1.807, 2.05) is 0 Å². The monoisotopic (exact) mass is 346 g/mol. The zero-order valence-corrected chi connectivity index (χ0v) is 12.8. The largest absolute Gasteiger partial charge is 0.290 e. The van der Waals surface area contributed by atoms with Gasteiger partial charge in [-0.15, -0.1) is 0 Å². The number of nitrogens with zero attached hydrogens (tertiary/aromatic N) is 5. The highest BCUT2D eigenvalue weighted by atomic mass is 32.2. The van der Waals surface area contributed by atoms with Gasteiger partial charge in [-0.1, -0.05) is 0 Å². The lowest BCUT2D eigenvalue weighted by molar-refractivity contribution is -0.384. The minimum absolute atomic E-state index is 0.0621. The molecule has 0 aliphatic carbocycles. The average molecular weight is 346 g/mol. The van der Waals surface area contributed by atoms with Crippen molar-refractivity contribution >= 4 is 21.5 Å². The van der Waals surface area contributed by atoms with Crippen LogP contribution in [0.3, 0.4) is 0 Å². The minimum atomic E-state index is -3.93. The maximum Gasteiger partial charge on any atom is 0.269 e. The van der Waals surface area contributed by atoms with Gasteiger partial charge < -0.3 is 0 Å². The molecule has 11 heteroatoms. The molecule has 122 valence electrons. The van der Waals surface area contributed by atoms with Gasteiger partial charge in [-0.3, -0.25) is 19.4 Å². The molecule has 1 aromatic carbocycles. The van der Waals surface area contributed by atoms with Crippen molar-refractivity contribution < 1.29 is 13.3 Å². The van der Waals surface area contributed by atoms with Gasteiger partial charge in [-0.05, 0) is 12.1 Å². The number of benzene rings is 1. The first kappa shape index (κ1) is 15.6. The van der Waals surface area contributed by atoms with Crippen LogP contribution < -0.4 is 4.72 Å². The van der Waals surface area contributed by atoms with Crippen LogP contribution in [-0.4, -0.2) is 32.9 Å². The summed E-state index contributed by atoms with van der Waals surface area (Å²) < 4.78 is 28.5. The summed E-state index contributed by atoms with van der Waals surface area (Å²) in [5, 5.41) is 10.6. The van der Waals surface area contributed by atoms with Gasteiger partial charge in [0.15, 0.2) is 0 Å². The molecule has 0 unspecified atom stereocenters. The number of non-ortho nitro benzene ring substituents is 1. The molecule has 1 N–H and O–H groups in total. The topological polar surface area (TPSA) is 133 Å². The van der Waals surface area contributed by atoms with E-state index in [2.05, 4.69) is 19.7 Å². The standard InChI is InChI=1S/C13H10N6O4S/c20-19(21)10-1-3-11(4-2-10)24(22,23)17-12-7-13(16-8-15-12)18-6-5-14-9-18/h1-9H,(H,15,16,17). The van der Waals surface area contributed by atoms with E-state index in [0.29, 0.717) is 5.82 Å². The molecule has 24 heavy (non-hydrogen) atoms. The summed E-state index contributed by atoms with van der Waals surface area (Å²) in [5.41, 5.74) is -0.196. The molecule has 10 nitrogen and oxygen atoms in total. The van der Waals surface area contributed by atoms with Crippen LogP contribution in [0, 0.1) is 10.1 Å². The minimum Gasteiger partial charge on any atom is -0.290 e. The number of nitrogens with one attached hydrogen (secondary N) is 1. The van der Waals surface area contributed by atoms with Crippen LogP contribution in [0.25, 0.3) is 5.82 Å². The molecule has 2 heterocycles. The number of nitro groups is 1. The summed E-state index contributed by atoms with van der Waals surface area (Å²) in [6.07, 6.45) is 5.93. The van der Waals surface area contributed by atoms with Crippen LogP contribution >= 0.6 is 0 Å². The molecular formula is C13H10N6O4S. The maximum absolute atomic E-state index is 12.3. The lowest BCUT2D eigenvalue weighted by Gasteiger charge is -2.08. The number of hydrogen-bond donors (Lipinski definition) is 1. The Hall–Kier alpha value is -3.34. The van der Waals surface area contributed by atoms with E-state index in [1.165, 1.54) is 18.7 Å². The van der Waals surface area contributed by atoms with E-state index in [1.54, 1.807) is 17.0 Å². The Morgan fingerprint density at radius 2 is 1.92 bits per heavy atom. The van der Waals surface area contributed by atoms with Gasteiger partial charge in [0.1, 0.15) is 24.3 Å². The molecular weight excluding hydrogens is 336 g/mol. The third kappa shape index (κ3) is 3.20. The van der Waals surface area contributed by atoms with Crippen LogP contribution in [0.4, 0.5) is 11.5 Å². The summed E-state index contributed by atoms with van der Waals surface area (Å²) in [6, 6.07) is 5.97. The lowest BCUT2D eigenvalue weighted by Crippen LogP contribution is -2.14. The average Bonchev–Trinajstić information content (AvgIpc) is 3.09. The zero-order valence-electron chi connectivity index (χ0n) is 12.0. The molecule has 0 bridgehead atoms. The normalized spacial score (nSPS) is 11.2. The van der Waals surface area contributed by atoms with Crippen LogP contribution in [0.5, 0.6) is 0 Å². The van der Waals surface area contributed by atoms with E-state index in [0.717, 1.165) is 24.3 Å². The van der Waals surface area contributed by atoms with Gasteiger partial charge in [0.25, 0.3) is 15.7 Å². The molecule has 0 saturated carbocycles. The number of sulfonamides is 1. The first-order valence-electron chi connectivity index (χ1n) is 6.53. The Bertz CT molecular complexity index is 970. The number of imidazole rings is 1. The summed E-state index contributed by atoms with van der Waals surface area (Å²) in [6.45, 7) is 0. The van der Waals surface area contributed by atoms with Crippen molar-refractivity contribution in [2.24, 2.45) is 0 Å². The number of rotatable bonds is 5. The second-order valence-electron chi connectivity index (χ2n) is 4.59. The Labute approximate surface area is 136 Å². The van der Waals surface area contributed by atoms with Crippen molar-refractivity contribution in [1.29, 1.82) is 0 Å². The van der Waals surface area contributed by atoms with Crippen LogP contribution in [0.1, 0.15) is 0 Å². The van der Waals surface area contributed by atoms with Crippen molar-refractivity contribution in [1.82, 2.24) is 19.5 Å². The van der Waals surface area contributed by atoms with Crippen molar-refractivity contribution in [2.45, 2.75) is 4.90 Å². The van der Waals surface area contributed by atoms with Gasteiger partial charge in [0.2, 0.25) is 0 Å². The Kier molecular flexibility index (Phi) is 3.92. The van der Waals surface area contributed by atoms with Gasteiger partial charge in [0, 0.05) is 30.6 Å². The SMILES string of the molecule is O=[N+]([O-])c1ccc(S(=O)(=O)Nc2cc(-n3ccnc3)ncn2)cc1. The fraction of sp³-hybridized carbons (Fsp3) is 0. The third-order valence-corrected chi connectivity index (χ3v) is 4.39. The highest BCUT2D eigenvalue weighted by Crippen LogP contribution is 2.19. The Balaban J connectivity index is 1.87. The van der Waals surface area contributed by atoms with E-state index in [9.17, 15) is 18.5 Å². The van der Waals surface area contributed by atoms with Gasteiger partial charge >= 0.3 is 0 Å². The van der Waals surface area contributed by atoms with E-state index in [4.69, 9.17) is 0 Å². The summed E-state index contributed by atoms with van der Waals surface area (Å²) >= 11 is 0. The van der Waals surface area contributed by atoms with Gasteiger partial charge in [0.05, 0.1) is 9.82 Å². The maximum atomic E-state index is 12.3. The number of hydrogen-bond acceptors (Lipinski definition) is 7. The van der Waals surface area contributed by atoms with Crippen molar-refractivity contribution in [3.05, 3.63) is 65.5 Å². The van der Waals surface area contributed by atoms with Crippen LogP contribution in [0.15, 0.2) is 60.3 Å². The molecule has 0 saturated heterocycles. The molecule has 3 rings (SSSR count). The predicted octanol–water partition coefficient (Wildman–Crippen LogP) is 1.37. The molecule has 0 fully saturated rings. The van der Waals surface area contributed by atoms with E-state index < -0.39 is 14.9 Å². The molecule has 0 aliphatic heterocycles. The van der Waals surface area contributed by atoms with Gasteiger partial charge in [-0.2, -0.15) is 0 Å². The highest BCUT2D eigenvalue weighted by Gasteiger charge is 2.17. The van der Waals surface area contributed by atoms with Crippen molar-refractivity contribution in [3.8, 4) is 5.82 Å². The fourth-order valence-corrected chi connectivity index (χ4v) is 2.88. The number of aromatic nitrogens is 4. The van der Waals surface area contributed by atoms with Crippen molar-refractivity contribution in [2.75, 3.05) is 4.72 Å². The molecule has 0 aliphatic rings. The van der Waals surface area contributed by atoms with Crippen LogP contribution in [-0.2, 0) is 10.0 Å².